The Hall–Kier alpha value is -2.55. The molecule has 0 fully saturated rings. The monoisotopic (exact) mass is 1350 g/mol. The molecule has 0 aliphatic carbocycles. The van der Waals surface area contributed by atoms with Gasteiger partial charge in [0.25, 0.3) is 0 Å². The number of unbranched alkanes of at least 4 members (excludes halogenated alkanes) is 51. The van der Waals surface area contributed by atoms with E-state index in [1.165, 1.54) is 302 Å². The zero-order chi connectivity index (χ0) is 69.0. The van der Waals surface area contributed by atoms with Gasteiger partial charge in [-0.3, -0.25) is 18.6 Å². The molecule has 0 saturated heterocycles. The first kappa shape index (κ1) is 92.4. The Balaban J connectivity index is 3.90. The Morgan fingerprint density at radius 3 is 0.895 bits per heavy atom. The molecule has 0 aliphatic rings. The number of esters is 2. The summed E-state index contributed by atoms with van der Waals surface area (Å²) in [4.78, 5) is 36.0. The minimum Gasteiger partial charge on any atom is -0.462 e. The molecule has 10 heteroatoms. The summed E-state index contributed by atoms with van der Waals surface area (Å²) in [7, 11) is 1.50. The molecular weight excluding hydrogens is 1190 g/mol. The lowest BCUT2D eigenvalue weighted by atomic mass is 10.0. The van der Waals surface area contributed by atoms with Gasteiger partial charge in [-0.1, -0.05) is 401 Å². The van der Waals surface area contributed by atoms with E-state index < -0.39 is 26.5 Å². The maximum atomic E-state index is 12.9. The number of rotatable bonds is 77. The molecule has 0 spiro atoms. The van der Waals surface area contributed by atoms with Crippen LogP contribution < -0.4 is 0 Å². The van der Waals surface area contributed by atoms with Gasteiger partial charge in [0.05, 0.1) is 27.7 Å². The molecule has 95 heavy (non-hydrogen) atoms. The molecule has 0 aromatic rings. The number of phosphoric ester groups is 1. The van der Waals surface area contributed by atoms with Gasteiger partial charge in [0.15, 0.2) is 6.10 Å². The molecule has 0 aromatic heterocycles. The van der Waals surface area contributed by atoms with Gasteiger partial charge in [-0.15, -0.1) is 0 Å². The Morgan fingerprint density at radius 1 is 0.337 bits per heavy atom. The van der Waals surface area contributed by atoms with Crippen LogP contribution in [0.2, 0.25) is 0 Å². The average molecular weight is 1350 g/mol. The van der Waals surface area contributed by atoms with Gasteiger partial charge < -0.3 is 18.9 Å². The molecule has 0 amide bonds. The minimum absolute atomic E-state index is 0.0342. The summed E-state index contributed by atoms with van der Waals surface area (Å²) in [6.07, 6.45) is 103. The van der Waals surface area contributed by atoms with E-state index in [2.05, 4.69) is 86.8 Å². The van der Waals surface area contributed by atoms with Crippen molar-refractivity contribution >= 4 is 19.8 Å². The summed E-state index contributed by atoms with van der Waals surface area (Å²) in [6, 6.07) is 0. The van der Waals surface area contributed by atoms with Crippen LogP contribution in [0.15, 0.2) is 72.9 Å². The molecule has 0 radical (unpaired) electrons. The Morgan fingerprint density at radius 2 is 0.600 bits per heavy atom. The molecule has 1 N–H and O–H groups in total. The van der Waals surface area contributed by atoms with Crippen molar-refractivity contribution in [2.75, 3.05) is 47.5 Å². The molecule has 2 atom stereocenters. The third-order valence-electron chi connectivity index (χ3n) is 18.5. The van der Waals surface area contributed by atoms with Gasteiger partial charge in [-0.05, 0) is 64.2 Å². The maximum Gasteiger partial charge on any atom is 0.472 e. The summed E-state index contributed by atoms with van der Waals surface area (Å²) < 4.78 is 34.9. The van der Waals surface area contributed by atoms with Crippen LogP contribution in [0.3, 0.4) is 0 Å². The van der Waals surface area contributed by atoms with E-state index in [0.717, 1.165) is 70.6 Å². The smallest absolute Gasteiger partial charge is 0.462 e. The fourth-order valence-corrected chi connectivity index (χ4v) is 13.0. The normalized spacial score (nSPS) is 13.4. The van der Waals surface area contributed by atoms with Gasteiger partial charge >= 0.3 is 19.8 Å². The van der Waals surface area contributed by atoms with Crippen molar-refractivity contribution in [3.8, 4) is 0 Å². The van der Waals surface area contributed by atoms with Crippen LogP contribution in [0.1, 0.15) is 406 Å². The standard InChI is InChI=1S/C85H158NO8P/c1-6-8-10-12-14-16-18-20-22-24-26-28-30-32-34-36-38-39-40-41-42-43-44-45-46-47-48-50-52-54-56-58-60-62-64-66-68-70-72-74-76-78-85(88)94-83(82-93-95(89,90)92-80-79-86(3,4)5)81-91-84(87)77-75-73-71-69-67-65-63-61-59-57-55-53-51-49-37-35-33-31-29-27-25-23-21-19-17-15-13-11-9-7-2/h8,10,14,16,20,22,26,28,32,34,38-39,83H,6-7,9,11-13,15,17-19,21,23-25,27,29-31,33,35-37,40-82H2,1-5H3/p+1/b10-8-,16-14-,22-20-,28-26-,34-32-,39-38-. The lowest BCUT2D eigenvalue weighted by Crippen LogP contribution is -2.37. The molecule has 556 valence electrons. The highest BCUT2D eigenvalue weighted by molar-refractivity contribution is 7.47. The van der Waals surface area contributed by atoms with Crippen molar-refractivity contribution in [3.05, 3.63) is 72.9 Å². The Bertz CT molecular complexity index is 1830. The second-order valence-corrected chi connectivity index (χ2v) is 30.6. The number of quaternary nitrogens is 1. The van der Waals surface area contributed by atoms with Crippen LogP contribution in [-0.4, -0.2) is 74.9 Å². The fourth-order valence-electron chi connectivity index (χ4n) is 12.3. The van der Waals surface area contributed by atoms with Crippen molar-refractivity contribution < 1.29 is 42.1 Å². The van der Waals surface area contributed by atoms with Crippen molar-refractivity contribution in [2.24, 2.45) is 0 Å². The first-order chi connectivity index (χ1) is 46.5. The van der Waals surface area contributed by atoms with Crippen molar-refractivity contribution in [3.63, 3.8) is 0 Å². The van der Waals surface area contributed by atoms with Gasteiger partial charge in [0.2, 0.25) is 0 Å². The SMILES string of the molecule is CC/C=C\C/C=C\C/C=C\C/C=C\C/C=C\C/C=C\CCCCCCCCCCCCCCCCCCCCCCCCC(=O)OC(COC(=O)CCCCCCCCCCCCCCCCCCCCCCCCCCCCCCCC)COP(=O)(O)OCC[N+](C)(C)C. The van der Waals surface area contributed by atoms with Gasteiger partial charge in [-0.25, -0.2) is 4.57 Å². The van der Waals surface area contributed by atoms with E-state index >= 15 is 0 Å². The number of hydrogen-bond acceptors (Lipinski definition) is 7. The summed E-state index contributed by atoms with van der Waals surface area (Å²) in [5.74, 6) is -0.773. The lowest BCUT2D eigenvalue weighted by molar-refractivity contribution is -0.870. The first-order valence-corrected chi connectivity index (χ1v) is 42.7. The van der Waals surface area contributed by atoms with Crippen LogP contribution in [0.5, 0.6) is 0 Å². The Kier molecular flexibility index (Phi) is 73.6. The van der Waals surface area contributed by atoms with Crippen LogP contribution in [0, 0.1) is 0 Å². The topological polar surface area (TPSA) is 108 Å². The number of allylic oxidation sites excluding steroid dienone is 12. The maximum absolute atomic E-state index is 12.9. The third-order valence-corrected chi connectivity index (χ3v) is 19.5. The largest absolute Gasteiger partial charge is 0.472 e. The van der Waals surface area contributed by atoms with Crippen molar-refractivity contribution in [2.45, 2.75) is 412 Å². The molecule has 0 bridgehead atoms. The number of carbonyl (C=O) groups is 2. The molecule has 9 nitrogen and oxygen atoms in total. The van der Waals surface area contributed by atoms with Gasteiger partial charge in [0, 0.05) is 12.8 Å². The highest BCUT2D eigenvalue weighted by Gasteiger charge is 2.27. The predicted molar refractivity (Wildman–Crippen MR) is 413 cm³/mol. The second-order valence-electron chi connectivity index (χ2n) is 29.1. The van der Waals surface area contributed by atoms with Crippen LogP contribution >= 0.6 is 7.82 Å². The van der Waals surface area contributed by atoms with Crippen LogP contribution in [-0.2, 0) is 32.7 Å². The minimum atomic E-state index is -4.39. The average Bonchev–Trinajstić information content (AvgIpc) is 1.81. The van der Waals surface area contributed by atoms with Gasteiger partial charge in [0.1, 0.15) is 19.8 Å². The van der Waals surface area contributed by atoms with E-state index in [4.69, 9.17) is 18.5 Å². The zero-order valence-corrected chi connectivity index (χ0v) is 64.6. The highest BCUT2D eigenvalue weighted by Crippen LogP contribution is 2.43. The number of carbonyl (C=O) groups excluding carboxylic acids is 2. The third kappa shape index (κ3) is 80.3. The summed E-state index contributed by atoms with van der Waals surface area (Å²) in [5, 5.41) is 0. The number of ether oxygens (including phenoxy) is 2. The van der Waals surface area contributed by atoms with E-state index in [1.807, 2.05) is 21.1 Å². The van der Waals surface area contributed by atoms with Crippen molar-refractivity contribution in [1.82, 2.24) is 0 Å². The first-order valence-electron chi connectivity index (χ1n) is 41.2. The summed E-state index contributed by atoms with van der Waals surface area (Å²) in [6.45, 7) is 4.40. The molecule has 0 heterocycles. The quantitative estimate of drug-likeness (QED) is 0.0211. The molecule has 0 rings (SSSR count). The highest BCUT2D eigenvalue weighted by atomic mass is 31.2. The van der Waals surface area contributed by atoms with E-state index in [-0.39, 0.29) is 25.6 Å². The molecule has 0 aliphatic heterocycles. The molecule has 0 aromatic carbocycles. The van der Waals surface area contributed by atoms with E-state index in [1.54, 1.807) is 0 Å². The molecule has 2 unspecified atom stereocenters. The Labute approximate surface area is 590 Å². The number of nitrogens with zero attached hydrogens (tertiary/aromatic N) is 1. The molecular formula is C85H159NO8P+. The summed E-state index contributed by atoms with van der Waals surface area (Å²) >= 11 is 0. The fraction of sp³-hybridized carbons (Fsp3) is 0.835. The lowest BCUT2D eigenvalue weighted by Gasteiger charge is -2.24. The van der Waals surface area contributed by atoms with E-state index in [0.29, 0.717) is 23.9 Å². The van der Waals surface area contributed by atoms with Gasteiger partial charge in [-0.2, -0.15) is 0 Å². The predicted octanol–water partition coefficient (Wildman–Crippen LogP) is 27.5. The van der Waals surface area contributed by atoms with E-state index in [9.17, 15) is 19.0 Å². The molecule has 0 saturated carbocycles. The van der Waals surface area contributed by atoms with Crippen molar-refractivity contribution in [1.29, 1.82) is 0 Å². The number of hydrogen-bond donors (Lipinski definition) is 1. The van der Waals surface area contributed by atoms with Crippen LogP contribution in [0.4, 0.5) is 0 Å². The number of phosphoric acid groups is 1. The summed E-state index contributed by atoms with van der Waals surface area (Å²) in [5.41, 5.74) is 0. The zero-order valence-electron chi connectivity index (χ0n) is 63.7. The number of likely N-dealkylation sites (N-methyl/N-ethyl adjacent to an activating group) is 1. The van der Waals surface area contributed by atoms with Crippen LogP contribution in [0.25, 0.3) is 0 Å². The second kappa shape index (κ2) is 75.6.